The first kappa shape index (κ1) is 19.8. The number of aromatic nitrogens is 4. The lowest BCUT2D eigenvalue weighted by atomic mass is 10.1. The highest BCUT2D eigenvalue weighted by atomic mass is 19.4. The molecular formula is C23H15F3N4O2. The van der Waals surface area contributed by atoms with Gasteiger partial charge >= 0.3 is 12.1 Å². The van der Waals surface area contributed by atoms with Gasteiger partial charge in [-0.2, -0.15) is 0 Å². The third-order valence-corrected chi connectivity index (χ3v) is 4.97. The predicted molar refractivity (Wildman–Crippen MR) is 112 cm³/mol. The van der Waals surface area contributed by atoms with Gasteiger partial charge in [0.25, 0.3) is 0 Å². The maximum Gasteiger partial charge on any atom is 0.573 e. The maximum atomic E-state index is 12.9. The van der Waals surface area contributed by atoms with Gasteiger partial charge in [0, 0.05) is 11.6 Å². The lowest BCUT2D eigenvalue weighted by molar-refractivity contribution is -0.274. The Labute approximate surface area is 179 Å². The average Bonchev–Trinajstić information content (AvgIpc) is 3.08. The molecule has 2 aromatic carbocycles. The Morgan fingerprint density at radius 2 is 1.62 bits per heavy atom. The minimum Gasteiger partial charge on any atom is -0.406 e. The van der Waals surface area contributed by atoms with Gasteiger partial charge in [-0.05, 0) is 47.5 Å². The van der Waals surface area contributed by atoms with E-state index < -0.39 is 6.36 Å². The third kappa shape index (κ3) is 3.92. The summed E-state index contributed by atoms with van der Waals surface area (Å²) in [5.74, 6) is -0.310. The lowest BCUT2D eigenvalue weighted by Crippen LogP contribution is -2.22. The second kappa shape index (κ2) is 7.52. The van der Waals surface area contributed by atoms with Crippen molar-refractivity contribution in [3.63, 3.8) is 0 Å². The molecule has 0 aliphatic rings. The van der Waals surface area contributed by atoms with E-state index in [9.17, 15) is 18.0 Å². The monoisotopic (exact) mass is 436 g/mol. The zero-order chi connectivity index (χ0) is 22.3. The SMILES string of the molecule is O=c1n(Cc2ccc3ccccc3n2)nc2ccc(-c3ccc(OC(F)(F)F)cc3)cn12. The molecule has 3 heterocycles. The molecule has 0 fully saturated rings. The number of hydrogen-bond donors (Lipinski definition) is 0. The van der Waals surface area contributed by atoms with Gasteiger partial charge in [-0.1, -0.05) is 36.4 Å². The van der Waals surface area contributed by atoms with Crippen molar-refractivity contribution < 1.29 is 17.9 Å². The Kier molecular flexibility index (Phi) is 4.66. The highest BCUT2D eigenvalue weighted by Crippen LogP contribution is 2.26. The van der Waals surface area contributed by atoms with E-state index in [4.69, 9.17) is 0 Å². The standard InChI is InChI=1S/C23H15F3N4O2/c24-23(25,26)32-19-10-6-15(7-11-19)17-8-12-21-28-30(22(31)29(21)13-17)14-18-9-5-16-3-1-2-4-20(16)27-18/h1-13H,14H2. The van der Waals surface area contributed by atoms with Crippen LogP contribution in [0.2, 0.25) is 0 Å². The molecule has 0 radical (unpaired) electrons. The van der Waals surface area contributed by atoms with Gasteiger partial charge in [0.2, 0.25) is 0 Å². The third-order valence-electron chi connectivity index (χ3n) is 4.97. The van der Waals surface area contributed by atoms with Crippen LogP contribution in [-0.2, 0) is 6.54 Å². The molecule has 0 aliphatic heterocycles. The molecule has 0 aliphatic carbocycles. The highest BCUT2D eigenvalue weighted by Gasteiger charge is 2.30. The van der Waals surface area contributed by atoms with Crippen LogP contribution in [0.3, 0.4) is 0 Å². The van der Waals surface area contributed by atoms with E-state index in [2.05, 4.69) is 14.8 Å². The Morgan fingerprint density at radius 3 is 2.41 bits per heavy atom. The van der Waals surface area contributed by atoms with E-state index in [1.165, 1.54) is 33.3 Å². The molecule has 0 spiro atoms. The fraction of sp³-hybridized carbons (Fsp3) is 0.0870. The molecule has 0 bridgehead atoms. The zero-order valence-corrected chi connectivity index (χ0v) is 16.5. The number of halogens is 3. The summed E-state index contributed by atoms with van der Waals surface area (Å²) in [4.78, 5) is 17.5. The van der Waals surface area contributed by atoms with Crippen molar-refractivity contribution in [3.05, 3.63) is 95.2 Å². The smallest absolute Gasteiger partial charge is 0.406 e. The van der Waals surface area contributed by atoms with Crippen molar-refractivity contribution in [2.24, 2.45) is 0 Å². The first-order valence-corrected chi connectivity index (χ1v) is 9.66. The summed E-state index contributed by atoms with van der Waals surface area (Å²) in [6.07, 6.45) is -3.14. The van der Waals surface area contributed by atoms with Crippen LogP contribution in [0.25, 0.3) is 27.7 Å². The van der Waals surface area contributed by atoms with Crippen molar-refractivity contribution in [3.8, 4) is 16.9 Å². The normalized spacial score (nSPS) is 11.8. The van der Waals surface area contributed by atoms with E-state index >= 15 is 0 Å². The second-order valence-electron chi connectivity index (χ2n) is 7.15. The quantitative estimate of drug-likeness (QED) is 0.411. The summed E-state index contributed by atoms with van der Waals surface area (Å²) >= 11 is 0. The summed E-state index contributed by atoms with van der Waals surface area (Å²) in [5.41, 5.74) is 2.95. The van der Waals surface area contributed by atoms with Gasteiger partial charge in [-0.15, -0.1) is 18.3 Å². The van der Waals surface area contributed by atoms with E-state index in [0.717, 1.165) is 10.9 Å². The molecule has 3 aromatic heterocycles. The largest absolute Gasteiger partial charge is 0.573 e. The number of para-hydroxylation sites is 1. The van der Waals surface area contributed by atoms with Crippen LogP contribution in [0.4, 0.5) is 13.2 Å². The number of hydrogen-bond acceptors (Lipinski definition) is 4. The summed E-state index contributed by atoms with van der Waals surface area (Å²) in [5, 5.41) is 5.37. The van der Waals surface area contributed by atoms with Crippen LogP contribution in [-0.4, -0.2) is 25.5 Å². The van der Waals surface area contributed by atoms with Gasteiger partial charge in [-0.3, -0.25) is 4.98 Å². The molecule has 0 amide bonds. The highest BCUT2D eigenvalue weighted by molar-refractivity contribution is 5.78. The Morgan fingerprint density at radius 1 is 0.875 bits per heavy atom. The van der Waals surface area contributed by atoms with E-state index in [1.807, 2.05) is 36.4 Å². The number of fused-ring (bicyclic) bond motifs is 2. The number of rotatable bonds is 4. The Bertz CT molecular complexity index is 1490. The van der Waals surface area contributed by atoms with Crippen LogP contribution >= 0.6 is 0 Å². The molecule has 32 heavy (non-hydrogen) atoms. The van der Waals surface area contributed by atoms with Gasteiger partial charge in [-0.25, -0.2) is 13.9 Å². The molecule has 5 rings (SSSR count). The first-order valence-electron chi connectivity index (χ1n) is 9.66. The summed E-state index contributed by atoms with van der Waals surface area (Å²) < 4.78 is 43.7. The number of benzene rings is 2. The van der Waals surface area contributed by atoms with Crippen molar-refractivity contribution >= 4 is 16.6 Å². The molecule has 0 saturated carbocycles. The number of pyridine rings is 2. The Hall–Kier alpha value is -4.14. The van der Waals surface area contributed by atoms with Gasteiger partial charge in [0.05, 0.1) is 17.8 Å². The summed E-state index contributed by atoms with van der Waals surface area (Å²) in [6, 6.07) is 20.4. The topological polar surface area (TPSA) is 61.4 Å². The summed E-state index contributed by atoms with van der Waals surface area (Å²) in [7, 11) is 0. The van der Waals surface area contributed by atoms with E-state index in [-0.39, 0.29) is 18.0 Å². The minimum absolute atomic E-state index is 0.212. The molecule has 0 saturated heterocycles. The van der Waals surface area contributed by atoms with Crippen LogP contribution in [0.1, 0.15) is 5.69 Å². The number of alkyl halides is 3. The van der Waals surface area contributed by atoms with Crippen LogP contribution in [0.15, 0.2) is 83.8 Å². The lowest BCUT2D eigenvalue weighted by Gasteiger charge is -2.09. The minimum atomic E-state index is -4.75. The van der Waals surface area contributed by atoms with Crippen LogP contribution in [0, 0.1) is 0 Å². The van der Waals surface area contributed by atoms with Crippen molar-refractivity contribution in [1.82, 2.24) is 19.2 Å². The molecule has 9 heteroatoms. The molecule has 5 aromatic rings. The summed E-state index contributed by atoms with van der Waals surface area (Å²) in [6.45, 7) is 0.212. The van der Waals surface area contributed by atoms with Gasteiger partial charge in [0.15, 0.2) is 5.65 Å². The molecule has 0 unspecified atom stereocenters. The fourth-order valence-corrected chi connectivity index (χ4v) is 3.49. The molecular weight excluding hydrogens is 421 g/mol. The van der Waals surface area contributed by atoms with Crippen LogP contribution in [0.5, 0.6) is 5.75 Å². The average molecular weight is 436 g/mol. The fourth-order valence-electron chi connectivity index (χ4n) is 3.49. The van der Waals surface area contributed by atoms with Crippen molar-refractivity contribution in [1.29, 1.82) is 0 Å². The van der Waals surface area contributed by atoms with Crippen LogP contribution < -0.4 is 10.4 Å². The number of nitrogens with zero attached hydrogens (tertiary/aromatic N) is 4. The van der Waals surface area contributed by atoms with E-state index in [0.29, 0.717) is 22.5 Å². The Balaban J connectivity index is 1.44. The molecule has 0 N–H and O–H groups in total. The predicted octanol–water partition coefficient (Wildman–Crippen LogP) is 4.66. The van der Waals surface area contributed by atoms with Gasteiger partial charge < -0.3 is 4.74 Å². The molecule has 0 atom stereocenters. The van der Waals surface area contributed by atoms with Crippen molar-refractivity contribution in [2.75, 3.05) is 0 Å². The molecule has 6 nitrogen and oxygen atoms in total. The molecule has 160 valence electrons. The van der Waals surface area contributed by atoms with E-state index in [1.54, 1.807) is 18.3 Å². The second-order valence-corrected chi connectivity index (χ2v) is 7.15. The van der Waals surface area contributed by atoms with Gasteiger partial charge in [0.1, 0.15) is 5.75 Å². The maximum absolute atomic E-state index is 12.9. The van der Waals surface area contributed by atoms with Crippen molar-refractivity contribution in [2.45, 2.75) is 12.9 Å². The number of ether oxygens (including phenoxy) is 1. The first-order chi connectivity index (χ1) is 15.4. The zero-order valence-electron chi connectivity index (χ0n) is 16.5.